The van der Waals surface area contributed by atoms with Crippen molar-refractivity contribution >= 4 is 27.6 Å². The Morgan fingerprint density at radius 2 is 2.10 bits per heavy atom. The number of carbonyl (C=O) groups excluding carboxylic acids is 1. The molecule has 0 fully saturated rings. The molecule has 1 atom stereocenters. The SMILES string of the molecule is CCCC(=O)OCCC[C@@H]1N=C(c2ccccn2)c2cc(Br)ccc2-n2c(C)cnc21. The Kier molecular flexibility index (Phi) is 6.61. The second-order valence-corrected chi connectivity index (χ2v) is 8.49. The summed E-state index contributed by atoms with van der Waals surface area (Å²) >= 11 is 3.61. The van der Waals surface area contributed by atoms with Crippen molar-refractivity contribution in [1.29, 1.82) is 0 Å². The molecule has 7 heteroatoms. The normalized spacial score (nSPS) is 14.9. The summed E-state index contributed by atoms with van der Waals surface area (Å²) in [6, 6.07) is 11.9. The summed E-state index contributed by atoms with van der Waals surface area (Å²) < 4.78 is 8.51. The number of pyridine rings is 1. The number of esters is 1. The van der Waals surface area contributed by atoms with Gasteiger partial charge in [0.15, 0.2) is 0 Å². The Bertz CT molecular complexity index is 1110. The Morgan fingerprint density at radius 3 is 2.87 bits per heavy atom. The molecule has 0 unspecified atom stereocenters. The largest absolute Gasteiger partial charge is 0.466 e. The van der Waals surface area contributed by atoms with Crippen LogP contribution in [0.1, 0.15) is 61.4 Å². The van der Waals surface area contributed by atoms with Crippen molar-refractivity contribution in [2.45, 2.75) is 45.6 Å². The lowest BCUT2D eigenvalue weighted by atomic mass is 10.0. The van der Waals surface area contributed by atoms with Crippen molar-refractivity contribution in [3.63, 3.8) is 0 Å². The van der Waals surface area contributed by atoms with E-state index in [0.29, 0.717) is 19.4 Å². The van der Waals surface area contributed by atoms with Gasteiger partial charge in [0.05, 0.1) is 23.7 Å². The number of hydrogen-bond acceptors (Lipinski definition) is 5. The van der Waals surface area contributed by atoms with Crippen LogP contribution in [0.5, 0.6) is 0 Å². The van der Waals surface area contributed by atoms with Gasteiger partial charge in [0.2, 0.25) is 0 Å². The van der Waals surface area contributed by atoms with Crippen LogP contribution in [0, 0.1) is 6.92 Å². The van der Waals surface area contributed by atoms with Crippen molar-refractivity contribution in [3.05, 3.63) is 76.0 Å². The second-order valence-electron chi connectivity index (χ2n) is 7.58. The van der Waals surface area contributed by atoms with E-state index in [9.17, 15) is 4.79 Å². The zero-order chi connectivity index (χ0) is 21.8. The highest BCUT2D eigenvalue weighted by Gasteiger charge is 2.27. The molecule has 2 aromatic heterocycles. The summed E-state index contributed by atoms with van der Waals surface area (Å²) in [5.74, 6) is 0.752. The van der Waals surface area contributed by atoms with Gasteiger partial charge >= 0.3 is 5.97 Å². The molecule has 3 aromatic rings. The number of nitrogens with zero attached hydrogens (tertiary/aromatic N) is 4. The number of rotatable bonds is 7. The molecule has 31 heavy (non-hydrogen) atoms. The first-order valence-corrected chi connectivity index (χ1v) is 11.4. The van der Waals surface area contributed by atoms with Crippen molar-refractivity contribution < 1.29 is 9.53 Å². The molecule has 0 spiro atoms. The first kappa shape index (κ1) is 21.4. The van der Waals surface area contributed by atoms with E-state index < -0.39 is 0 Å². The van der Waals surface area contributed by atoms with E-state index in [2.05, 4.69) is 44.5 Å². The van der Waals surface area contributed by atoms with Crippen LogP contribution in [0.3, 0.4) is 0 Å². The Labute approximate surface area is 190 Å². The number of imidazole rings is 1. The van der Waals surface area contributed by atoms with Crippen LogP contribution >= 0.6 is 15.9 Å². The fourth-order valence-electron chi connectivity index (χ4n) is 3.82. The summed E-state index contributed by atoms with van der Waals surface area (Å²) in [5, 5.41) is 0. The molecule has 1 aliphatic heterocycles. The number of fused-ring (bicyclic) bond motifs is 3. The number of aliphatic imine (C=N–C) groups is 1. The first-order valence-electron chi connectivity index (χ1n) is 10.6. The van der Waals surface area contributed by atoms with Crippen LogP contribution in [-0.2, 0) is 9.53 Å². The van der Waals surface area contributed by atoms with E-state index >= 15 is 0 Å². The summed E-state index contributed by atoms with van der Waals surface area (Å²) in [6.45, 7) is 4.42. The number of hydrogen-bond donors (Lipinski definition) is 0. The minimum Gasteiger partial charge on any atom is -0.466 e. The monoisotopic (exact) mass is 480 g/mol. The fraction of sp³-hybridized carbons (Fsp3) is 0.333. The molecule has 0 bridgehead atoms. The summed E-state index contributed by atoms with van der Waals surface area (Å²) in [4.78, 5) is 26.1. The molecule has 0 saturated carbocycles. The maximum Gasteiger partial charge on any atom is 0.305 e. The molecule has 4 rings (SSSR count). The molecule has 1 aliphatic rings. The molecule has 0 saturated heterocycles. The number of carbonyl (C=O) groups is 1. The molecule has 0 aliphatic carbocycles. The predicted molar refractivity (Wildman–Crippen MR) is 124 cm³/mol. The third-order valence-electron chi connectivity index (χ3n) is 5.25. The Balaban J connectivity index is 1.72. The van der Waals surface area contributed by atoms with E-state index in [4.69, 9.17) is 14.7 Å². The van der Waals surface area contributed by atoms with Crippen molar-refractivity contribution in [2.75, 3.05) is 6.61 Å². The molecule has 3 heterocycles. The third kappa shape index (κ3) is 4.61. The lowest BCUT2D eigenvalue weighted by Gasteiger charge is -2.14. The number of benzene rings is 1. The summed E-state index contributed by atoms with van der Waals surface area (Å²) in [6.07, 6.45) is 6.36. The highest BCUT2D eigenvalue weighted by molar-refractivity contribution is 9.10. The van der Waals surface area contributed by atoms with Gasteiger partial charge in [0, 0.05) is 34.5 Å². The molecular formula is C24H25BrN4O2. The van der Waals surface area contributed by atoms with Gasteiger partial charge in [0.1, 0.15) is 11.9 Å². The van der Waals surface area contributed by atoms with E-state index in [1.165, 1.54) is 0 Å². The molecule has 6 nitrogen and oxygen atoms in total. The lowest BCUT2D eigenvalue weighted by Crippen LogP contribution is -2.09. The average molecular weight is 481 g/mol. The van der Waals surface area contributed by atoms with Gasteiger partial charge in [-0.05, 0) is 56.5 Å². The van der Waals surface area contributed by atoms with Crippen LogP contribution < -0.4 is 0 Å². The topological polar surface area (TPSA) is 69.4 Å². The molecular weight excluding hydrogens is 456 g/mol. The van der Waals surface area contributed by atoms with E-state index in [-0.39, 0.29) is 12.0 Å². The van der Waals surface area contributed by atoms with Gasteiger partial charge < -0.3 is 4.74 Å². The van der Waals surface area contributed by atoms with Crippen LogP contribution in [-0.4, -0.2) is 32.8 Å². The van der Waals surface area contributed by atoms with Gasteiger partial charge in [-0.15, -0.1) is 0 Å². The summed E-state index contributed by atoms with van der Waals surface area (Å²) in [7, 11) is 0. The van der Waals surface area contributed by atoms with Crippen molar-refractivity contribution in [1.82, 2.24) is 14.5 Å². The lowest BCUT2D eigenvalue weighted by molar-refractivity contribution is -0.143. The molecule has 160 valence electrons. The van der Waals surface area contributed by atoms with E-state index in [1.807, 2.05) is 37.4 Å². The quantitative estimate of drug-likeness (QED) is 0.337. The number of ether oxygens (including phenoxy) is 1. The molecule has 0 radical (unpaired) electrons. The van der Waals surface area contributed by atoms with Gasteiger partial charge in [0.25, 0.3) is 0 Å². The average Bonchev–Trinajstić information content (AvgIpc) is 3.08. The Hall–Kier alpha value is -2.80. The van der Waals surface area contributed by atoms with Crippen molar-refractivity contribution in [3.8, 4) is 5.69 Å². The predicted octanol–water partition coefficient (Wildman–Crippen LogP) is 5.35. The molecule has 0 amide bonds. The van der Waals surface area contributed by atoms with Gasteiger partial charge in [-0.2, -0.15) is 0 Å². The standard InChI is InChI=1S/C24H25BrN4O2/c1-3-7-22(30)31-13-6-9-20-24-27-15-16(2)29(24)21-11-10-17(25)14-18(21)23(28-20)19-8-4-5-12-26-19/h4-5,8,10-12,14-15,20H,3,6-7,9,13H2,1-2H3/t20-/m0/s1. The second kappa shape index (κ2) is 9.56. The number of aryl methyl sites for hydroxylation is 1. The highest BCUT2D eigenvalue weighted by Crippen LogP contribution is 2.34. The molecule has 0 N–H and O–H groups in total. The Morgan fingerprint density at radius 1 is 1.23 bits per heavy atom. The third-order valence-corrected chi connectivity index (χ3v) is 5.74. The van der Waals surface area contributed by atoms with Crippen LogP contribution in [0.4, 0.5) is 0 Å². The fourth-order valence-corrected chi connectivity index (χ4v) is 4.18. The van der Waals surface area contributed by atoms with Crippen LogP contribution in [0.25, 0.3) is 5.69 Å². The maximum atomic E-state index is 11.7. The highest BCUT2D eigenvalue weighted by atomic mass is 79.9. The zero-order valence-corrected chi connectivity index (χ0v) is 19.3. The minimum absolute atomic E-state index is 0.143. The van der Waals surface area contributed by atoms with E-state index in [0.717, 1.165) is 51.5 Å². The van der Waals surface area contributed by atoms with Gasteiger partial charge in [-0.25, -0.2) is 4.98 Å². The first-order chi connectivity index (χ1) is 15.1. The number of aromatic nitrogens is 3. The number of halogens is 1. The van der Waals surface area contributed by atoms with Crippen molar-refractivity contribution in [2.24, 2.45) is 4.99 Å². The summed E-state index contributed by atoms with van der Waals surface area (Å²) in [5.41, 5.74) is 4.76. The van der Waals surface area contributed by atoms with E-state index in [1.54, 1.807) is 6.20 Å². The van der Waals surface area contributed by atoms with Crippen LogP contribution in [0.2, 0.25) is 0 Å². The smallest absolute Gasteiger partial charge is 0.305 e. The maximum absolute atomic E-state index is 11.7. The zero-order valence-electron chi connectivity index (χ0n) is 17.7. The minimum atomic E-state index is -0.165. The van der Waals surface area contributed by atoms with Crippen LogP contribution in [0.15, 0.2) is 58.3 Å². The van der Waals surface area contributed by atoms with Gasteiger partial charge in [-0.3, -0.25) is 19.3 Å². The van der Waals surface area contributed by atoms with Gasteiger partial charge in [-0.1, -0.05) is 28.9 Å². The molecule has 1 aromatic carbocycles.